The summed E-state index contributed by atoms with van der Waals surface area (Å²) in [7, 11) is 2.92. The van der Waals surface area contributed by atoms with Gasteiger partial charge in [0.05, 0.1) is 6.21 Å². The zero-order chi connectivity index (χ0) is 16.6. The number of H-pyrrole nitrogens is 1. The van der Waals surface area contributed by atoms with Crippen LogP contribution in [0.3, 0.4) is 0 Å². The second-order valence-electron chi connectivity index (χ2n) is 4.91. The Balaban J connectivity index is 1.91. The zero-order valence-electron chi connectivity index (χ0n) is 12.4. The summed E-state index contributed by atoms with van der Waals surface area (Å²) < 4.78 is 15.1. The van der Waals surface area contributed by atoms with E-state index in [1.165, 1.54) is 37.0 Å². The van der Waals surface area contributed by atoms with Crippen LogP contribution < -0.4 is 16.7 Å². The number of hydrazone groups is 1. The summed E-state index contributed by atoms with van der Waals surface area (Å²) in [5.74, 6) is -0.110. The molecule has 0 aliphatic carbocycles. The molecule has 0 spiro atoms. The van der Waals surface area contributed by atoms with Gasteiger partial charge >= 0.3 is 5.69 Å². The van der Waals surface area contributed by atoms with Crippen LogP contribution in [0.4, 0.5) is 10.3 Å². The van der Waals surface area contributed by atoms with Gasteiger partial charge in [-0.1, -0.05) is 12.1 Å². The molecule has 0 saturated carbocycles. The number of imidazole rings is 1. The molecule has 0 aliphatic rings. The molecular weight excluding hydrogens is 303 g/mol. The van der Waals surface area contributed by atoms with Crippen molar-refractivity contribution in [3.8, 4) is 0 Å². The fourth-order valence-corrected chi connectivity index (χ4v) is 2.10. The summed E-state index contributed by atoms with van der Waals surface area (Å²) in [5, 5.41) is 3.95. The highest BCUT2D eigenvalue weighted by Crippen LogP contribution is 2.08. The number of nitrogens with zero attached hydrogens (tertiary/aromatic N) is 4. The van der Waals surface area contributed by atoms with Gasteiger partial charge in [-0.3, -0.25) is 13.9 Å². The quantitative estimate of drug-likeness (QED) is 0.544. The van der Waals surface area contributed by atoms with Crippen molar-refractivity contribution in [3.05, 3.63) is 56.5 Å². The fraction of sp³-hybridized carbons (Fsp3) is 0.143. The average molecular weight is 316 g/mol. The van der Waals surface area contributed by atoms with Crippen molar-refractivity contribution in [1.29, 1.82) is 0 Å². The lowest BCUT2D eigenvalue weighted by atomic mass is 10.2. The van der Waals surface area contributed by atoms with Crippen LogP contribution in [-0.2, 0) is 14.1 Å². The maximum Gasteiger partial charge on any atom is 0.332 e. The second kappa shape index (κ2) is 5.52. The Bertz CT molecular complexity index is 1010. The van der Waals surface area contributed by atoms with Gasteiger partial charge in [-0.2, -0.15) is 10.1 Å². The topological polar surface area (TPSA) is 97.1 Å². The molecule has 0 saturated heterocycles. The van der Waals surface area contributed by atoms with Crippen LogP contribution in [-0.4, -0.2) is 25.3 Å². The zero-order valence-corrected chi connectivity index (χ0v) is 12.4. The summed E-state index contributed by atoms with van der Waals surface area (Å²) in [4.78, 5) is 30.8. The first-order valence-corrected chi connectivity index (χ1v) is 6.68. The molecule has 0 unspecified atom stereocenters. The number of rotatable bonds is 3. The molecule has 2 heterocycles. The first kappa shape index (κ1) is 14.7. The number of fused-ring (bicyclic) bond motifs is 1. The number of hydrogen-bond acceptors (Lipinski definition) is 5. The van der Waals surface area contributed by atoms with Crippen molar-refractivity contribution in [1.82, 2.24) is 19.1 Å². The highest BCUT2D eigenvalue weighted by molar-refractivity contribution is 5.80. The highest BCUT2D eigenvalue weighted by Gasteiger charge is 2.12. The fourth-order valence-electron chi connectivity index (χ4n) is 2.10. The third-order valence-electron chi connectivity index (χ3n) is 3.35. The van der Waals surface area contributed by atoms with E-state index in [0.717, 1.165) is 4.57 Å². The second-order valence-corrected chi connectivity index (χ2v) is 4.91. The molecule has 0 atom stereocenters. The third-order valence-corrected chi connectivity index (χ3v) is 3.35. The smallest absolute Gasteiger partial charge is 0.317 e. The Morgan fingerprint density at radius 3 is 2.61 bits per heavy atom. The summed E-state index contributed by atoms with van der Waals surface area (Å²) in [6.45, 7) is 0. The third kappa shape index (κ3) is 2.63. The molecule has 9 heteroatoms. The standard InChI is InChI=1S/C14H13FN6O2/c1-20-11-10(12(22)21(2)14(20)23)17-13(18-11)19-16-7-8-3-5-9(15)6-4-8/h3-7H,1-2H3,(H2,17,18,19)/b16-7+. The normalized spacial score (nSPS) is 11.4. The summed E-state index contributed by atoms with van der Waals surface area (Å²) >= 11 is 0. The van der Waals surface area contributed by atoms with Crippen molar-refractivity contribution in [3.63, 3.8) is 0 Å². The summed E-state index contributed by atoms with van der Waals surface area (Å²) in [6, 6.07) is 5.78. The summed E-state index contributed by atoms with van der Waals surface area (Å²) in [6.07, 6.45) is 1.48. The maximum atomic E-state index is 12.8. The van der Waals surface area contributed by atoms with Gasteiger partial charge in [0, 0.05) is 14.1 Å². The van der Waals surface area contributed by atoms with E-state index in [9.17, 15) is 14.0 Å². The van der Waals surface area contributed by atoms with Crippen LogP contribution in [0.2, 0.25) is 0 Å². The van der Waals surface area contributed by atoms with Crippen LogP contribution in [0.5, 0.6) is 0 Å². The number of benzene rings is 1. The molecule has 0 amide bonds. The average Bonchev–Trinajstić information content (AvgIpc) is 2.97. The molecule has 8 nitrogen and oxygen atoms in total. The van der Waals surface area contributed by atoms with E-state index in [1.807, 2.05) is 0 Å². The van der Waals surface area contributed by atoms with Crippen molar-refractivity contribution in [2.75, 3.05) is 5.43 Å². The van der Waals surface area contributed by atoms with Crippen LogP contribution in [0.15, 0.2) is 39.0 Å². The summed E-state index contributed by atoms with van der Waals surface area (Å²) in [5.41, 5.74) is 2.84. The van der Waals surface area contributed by atoms with Crippen LogP contribution >= 0.6 is 0 Å². The maximum absolute atomic E-state index is 12.8. The molecule has 3 aromatic rings. The molecule has 23 heavy (non-hydrogen) atoms. The van der Waals surface area contributed by atoms with Gasteiger partial charge in [0.2, 0.25) is 5.95 Å². The van der Waals surface area contributed by atoms with Gasteiger partial charge in [-0.15, -0.1) is 0 Å². The van der Waals surface area contributed by atoms with E-state index in [-0.39, 0.29) is 22.9 Å². The number of nitrogens with one attached hydrogen (secondary N) is 2. The first-order chi connectivity index (χ1) is 11.0. The van der Waals surface area contributed by atoms with Crippen LogP contribution in [0.1, 0.15) is 5.56 Å². The van der Waals surface area contributed by atoms with Gasteiger partial charge in [-0.05, 0) is 17.7 Å². The lowest BCUT2D eigenvalue weighted by Gasteiger charge is -2.00. The number of aryl methyl sites for hydroxylation is 1. The molecule has 2 N–H and O–H groups in total. The SMILES string of the molecule is Cn1c(=O)c2[nH]c(N/N=C/c3ccc(F)cc3)nc2n(C)c1=O. The molecular formula is C14H13FN6O2. The predicted octanol–water partition coefficient (Wildman–Crippen LogP) is 0.545. The molecule has 0 radical (unpaired) electrons. The molecule has 0 aliphatic heterocycles. The minimum absolute atomic E-state index is 0.203. The Kier molecular flexibility index (Phi) is 3.53. The number of aromatic nitrogens is 4. The number of aromatic amines is 1. The van der Waals surface area contributed by atoms with Gasteiger partial charge in [0.15, 0.2) is 11.2 Å². The molecule has 2 aromatic heterocycles. The van der Waals surface area contributed by atoms with E-state index >= 15 is 0 Å². The first-order valence-electron chi connectivity index (χ1n) is 6.68. The largest absolute Gasteiger partial charge is 0.332 e. The Morgan fingerprint density at radius 1 is 1.22 bits per heavy atom. The van der Waals surface area contributed by atoms with Crippen LogP contribution in [0.25, 0.3) is 11.2 Å². The van der Waals surface area contributed by atoms with Gasteiger partial charge in [-0.25, -0.2) is 14.6 Å². The van der Waals surface area contributed by atoms with E-state index in [4.69, 9.17) is 0 Å². The number of halogens is 1. The van der Waals surface area contributed by atoms with Crippen molar-refractivity contribution in [2.24, 2.45) is 19.2 Å². The number of hydrogen-bond donors (Lipinski definition) is 2. The van der Waals surface area contributed by atoms with Gasteiger partial charge in [0.25, 0.3) is 5.56 Å². The highest BCUT2D eigenvalue weighted by atomic mass is 19.1. The van der Waals surface area contributed by atoms with E-state index < -0.39 is 11.2 Å². The number of anilines is 1. The minimum atomic E-state index is -0.467. The predicted molar refractivity (Wildman–Crippen MR) is 84.2 cm³/mol. The Labute approximate surface area is 128 Å². The molecule has 0 bridgehead atoms. The monoisotopic (exact) mass is 316 g/mol. The molecule has 0 fully saturated rings. The Hall–Kier alpha value is -3.23. The van der Waals surface area contributed by atoms with E-state index in [0.29, 0.717) is 5.56 Å². The van der Waals surface area contributed by atoms with Crippen molar-refractivity contribution in [2.45, 2.75) is 0 Å². The van der Waals surface area contributed by atoms with E-state index in [2.05, 4.69) is 20.5 Å². The van der Waals surface area contributed by atoms with Crippen LogP contribution in [0, 0.1) is 5.82 Å². The van der Waals surface area contributed by atoms with Gasteiger partial charge in [0.1, 0.15) is 5.82 Å². The van der Waals surface area contributed by atoms with Gasteiger partial charge < -0.3 is 4.98 Å². The van der Waals surface area contributed by atoms with E-state index in [1.54, 1.807) is 12.1 Å². The van der Waals surface area contributed by atoms with Crippen molar-refractivity contribution < 1.29 is 4.39 Å². The minimum Gasteiger partial charge on any atom is -0.317 e. The molecule has 3 rings (SSSR count). The van der Waals surface area contributed by atoms with Crippen molar-refractivity contribution >= 4 is 23.3 Å². The molecule has 118 valence electrons. The lowest BCUT2D eigenvalue weighted by Crippen LogP contribution is -2.36. The molecule has 1 aromatic carbocycles. The lowest BCUT2D eigenvalue weighted by molar-refractivity contribution is 0.628. The Morgan fingerprint density at radius 2 is 1.91 bits per heavy atom.